The highest BCUT2D eigenvalue weighted by atomic mass is 16.5. The van der Waals surface area contributed by atoms with Crippen molar-refractivity contribution in [1.29, 1.82) is 0 Å². The number of para-hydroxylation sites is 1. The predicted octanol–water partition coefficient (Wildman–Crippen LogP) is 4.33. The number of anilines is 1. The highest BCUT2D eigenvalue weighted by molar-refractivity contribution is 5.92. The molecule has 134 valence electrons. The van der Waals surface area contributed by atoms with Gasteiger partial charge in [-0.3, -0.25) is 4.79 Å². The summed E-state index contributed by atoms with van der Waals surface area (Å²) in [7, 11) is 0. The molecule has 4 rings (SSSR count). The average molecular weight is 357 g/mol. The first-order valence-electron chi connectivity index (χ1n) is 8.71. The van der Waals surface area contributed by atoms with Gasteiger partial charge in [0.05, 0.1) is 5.69 Å². The van der Waals surface area contributed by atoms with Crippen molar-refractivity contribution in [2.45, 2.75) is 6.92 Å². The highest BCUT2D eigenvalue weighted by Crippen LogP contribution is 2.23. The first-order valence-corrected chi connectivity index (χ1v) is 8.71. The number of benzene rings is 2. The first kappa shape index (κ1) is 16.8. The van der Waals surface area contributed by atoms with Gasteiger partial charge in [-0.15, -0.1) is 0 Å². The van der Waals surface area contributed by atoms with E-state index in [0.29, 0.717) is 11.4 Å². The number of fused-ring (bicyclic) bond motifs is 1. The van der Waals surface area contributed by atoms with Crippen LogP contribution in [0.3, 0.4) is 0 Å². The molecule has 0 saturated carbocycles. The summed E-state index contributed by atoms with van der Waals surface area (Å²) >= 11 is 0. The Hall–Kier alpha value is -3.60. The number of hydrogen-bond donors (Lipinski definition) is 1. The van der Waals surface area contributed by atoms with Gasteiger partial charge in [0.1, 0.15) is 11.4 Å². The number of imidazole rings is 1. The van der Waals surface area contributed by atoms with Crippen LogP contribution < -0.4 is 10.1 Å². The van der Waals surface area contributed by atoms with E-state index < -0.39 is 0 Å². The summed E-state index contributed by atoms with van der Waals surface area (Å²) in [4.78, 5) is 16.9. The van der Waals surface area contributed by atoms with Gasteiger partial charge in [0.2, 0.25) is 0 Å². The Morgan fingerprint density at radius 3 is 2.74 bits per heavy atom. The molecule has 2 aromatic heterocycles. The minimum absolute atomic E-state index is 0.0399. The van der Waals surface area contributed by atoms with Crippen LogP contribution in [-0.4, -0.2) is 21.9 Å². The molecule has 1 N–H and O–H groups in total. The van der Waals surface area contributed by atoms with Crippen LogP contribution in [0.15, 0.2) is 79.1 Å². The van der Waals surface area contributed by atoms with Crippen LogP contribution in [0, 0.1) is 6.92 Å². The lowest BCUT2D eigenvalue weighted by Gasteiger charge is -2.08. The SMILES string of the molecule is Cc1cccn2cc(-c3cccc(NC(=O)COc4ccccc4)c3)nc12. The molecule has 2 heterocycles. The molecule has 0 saturated heterocycles. The number of aromatic nitrogens is 2. The van der Waals surface area contributed by atoms with Crippen LogP contribution in [0.5, 0.6) is 5.75 Å². The highest BCUT2D eigenvalue weighted by Gasteiger charge is 2.08. The fourth-order valence-corrected chi connectivity index (χ4v) is 2.91. The molecule has 5 heteroatoms. The lowest BCUT2D eigenvalue weighted by Crippen LogP contribution is -2.20. The van der Waals surface area contributed by atoms with Gasteiger partial charge in [0.25, 0.3) is 5.91 Å². The van der Waals surface area contributed by atoms with Crippen molar-refractivity contribution in [2.75, 3.05) is 11.9 Å². The lowest BCUT2D eigenvalue weighted by atomic mass is 10.1. The van der Waals surface area contributed by atoms with Gasteiger partial charge in [0, 0.05) is 23.6 Å². The second-order valence-corrected chi connectivity index (χ2v) is 6.28. The number of nitrogens with zero attached hydrogens (tertiary/aromatic N) is 2. The van der Waals surface area contributed by atoms with E-state index >= 15 is 0 Å². The molecule has 0 aliphatic rings. The number of aryl methyl sites for hydroxylation is 1. The third kappa shape index (κ3) is 3.82. The number of carbonyl (C=O) groups is 1. The Bertz CT molecular complexity index is 1090. The topological polar surface area (TPSA) is 55.6 Å². The Balaban J connectivity index is 1.48. The van der Waals surface area contributed by atoms with Crippen molar-refractivity contribution in [3.05, 3.63) is 84.7 Å². The molecule has 27 heavy (non-hydrogen) atoms. The maximum absolute atomic E-state index is 12.2. The molecule has 2 aromatic carbocycles. The molecule has 0 aliphatic heterocycles. The lowest BCUT2D eigenvalue weighted by molar-refractivity contribution is -0.118. The van der Waals surface area contributed by atoms with Crippen molar-refractivity contribution >= 4 is 17.2 Å². The number of nitrogens with one attached hydrogen (secondary N) is 1. The van der Waals surface area contributed by atoms with E-state index in [0.717, 1.165) is 22.5 Å². The number of carbonyl (C=O) groups excluding carboxylic acids is 1. The van der Waals surface area contributed by atoms with E-state index in [2.05, 4.69) is 5.32 Å². The van der Waals surface area contributed by atoms with E-state index in [1.54, 1.807) is 0 Å². The third-order valence-electron chi connectivity index (χ3n) is 4.23. The third-order valence-corrected chi connectivity index (χ3v) is 4.23. The maximum atomic E-state index is 12.2. The van der Waals surface area contributed by atoms with Gasteiger partial charge in [-0.1, -0.05) is 36.4 Å². The van der Waals surface area contributed by atoms with Gasteiger partial charge in [-0.2, -0.15) is 0 Å². The number of rotatable bonds is 5. The number of pyridine rings is 1. The summed E-state index contributed by atoms with van der Waals surface area (Å²) in [5.41, 5.74) is 4.56. The molecule has 5 nitrogen and oxygen atoms in total. The molecule has 4 aromatic rings. The summed E-state index contributed by atoms with van der Waals surface area (Å²) in [6, 6.07) is 21.0. The molecule has 0 atom stereocenters. The van der Waals surface area contributed by atoms with Gasteiger partial charge >= 0.3 is 0 Å². The first-order chi connectivity index (χ1) is 13.2. The molecule has 0 fully saturated rings. The molecular formula is C22H19N3O2. The number of hydrogen-bond acceptors (Lipinski definition) is 3. The Morgan fingerprint density at radius 2 is 1.93 bits per heavy atom. The minimum atomic E-state index is -0.207. The van der Waals surface area contributed by atoms with Crippen LogP contribution in [0.4, 0.5) is 5.69 Å². The van der Waals surface area contributed by atoms with Crippen molar-refractivity contribution in [2.24, 2.45) is 0 Å². The summed E-state index contributed by atoms with van der Waals surface area (Å²) in [6.45, 7) is 2.00. The van der Waals surface area contributed by atoms with Crippen molar-refractivity contribution in [1.82, 2.24) is 9.38 Å². The smallest absolute Gasteiger partial charge is 0.262 e. The largest absolute Gasteiger partial charge is 0.484 e. The maximum Gasteiger partial charge on any atom is 0.262 e. The van der Waals surface area contributed by atoms with E-state index in [1.165, 1.54) is 0 Å². The van der Waals surface area contributed by atoms with Crippen LogP contribution in [0.25, 0.3) is 16.9 Å². The van der Waals surface area contributed by atoms with E-state index in [1.807, 2.05) is 90.4 Å². The molecule has 1 amide bonds. The van der Waals surface area contributed by atoms with Crippen molar-refractivity contribution < 1.29 is 9.53 Å². The number of ether oxygens (including phenoxy) is 1. The Labute approximate surface area is 157 Å². The Kier molecular flexibility index (Phi) is 4.58. The fraction of sp³-hybridized carbons (Fsp3) is 0.0909. The van der Waals surface area contributed by atoms with Gasteiger partial charge in [-0.25, -0.2) is 4.98 Å². The molecule has 0 radical (unpaired) electrons. The fourth-order valence-electron chi connectivity index (χ4n) is 2.91. The van der Waals surface area contributed by atoms with E-state index in [4.69, 9.17) is 9.72 Å². The summed E-state index contributed by atoms with van der Waals surface area (Å²) < 4.78 is 7.48. The standard InChI is InChI=1S/C22H19N3O2/c1-16-7-6-12-25-14-20(24-22(16)25)17-8-5-9-18(13-17)23-21(26)15-27-19-10-3-2-4-11-19/h2-14H,15H2,1H3,(H,23,26). The molecule has 0 aliphatic carbocycles. The molecule has 0 bridgehead atoms. The van der Waals surface area contributed by atoms with Crippen LogP contribution in [0.2, 0.25) is 0 Å². The summed E-state index contributed by atoms with van der Waals surface area (Å²) in [5.74, 6) is 0.461. The second kappa shape index (κ2) is 7.33. The average Bonchev–Trinajstić information content (AvgIpc) is 3.13. The normalized spacial score (nSPS) is 10.7. The zero-order chi connectivity index (χ0) is 18.6. The summed E-state index contributed by atoms with van der Waals surface area (Å²) in [6.07, 6.45) is 3.97. The van der Waals surface area contributed by atoms with E-state index in [-0.39, 0.29) is 12.5 Å². The van der Waals surface area contributed by atoms with Crippen LogP contribution >= 0.6 is 0 Å². The van der Waals surface area contributed by atoms with Crippen molar-refractivity contribution in [3.8, 4) is 17.0 Å². The predicted molar refractivity (Wildman–Crippen MR) is 106 cm³/mol. The monoisotopic (exact) mass is 357 g/mol. The van der Waals surface area contributed by atoms with Gasteiger partial charge < -0.3 is 14.5 Å². The molecule has 0 unspecified atom stereocenters. The van der Waals surface area contributed by atoms with E-state index in [9.17, 15) is 4.79 Å². The zero-order valence-electron chi connectivity index (χ0n) is 14.9. The minimum Gasteiger partial charge on any atom is -0.484 e. The second-order valence-electron chi connectivity index (χ2n) is 6.28. The Morgan fingerprint density at radius 1 is 1.07 bits per heavy atom. The van der Waals surface area contributed by atoms with Crippen molar-refractivity contribution in [3.63, 3.8) is 0 Å². The van der Waals surface area contributed by atoms with Crippen LogP contribution in [0.1, 0.15) is 5.56 Å². The molecule has 0 spiro atoms. The number of amides is 1. The quantitative estimate of drug-likeness (QED) is 0.578. The molecular weight excluding hydrogens is 338 g/mol. The van der Waals surface area contributed by atoms with Crippen LogP contribution in [-0.2, 0) is 4.79 Å². The zero-order valence-corrected chi connectivity index (χ0v) is 14.9. The van der Waals surface area contributed by atoms with Gasteiger partial charge in [-0.05, 0) is 42.8 Å². The summed E-state index contributed by atoms with van der Waals surface area (Å²) in [5, 5.41) is 2.87. The van der Waals surface area contributed by atoms with Gasteiger partial charge in [0.15, 0.2) is 6.61 Å².